The molecule has 0 unspecified atom stereocenters. The van der Waals surface area contributed by atoms with Crippen molar-refractivity contribution in [2.24, 2.45) is 0 Å². The van der Waals surface area contributed by atoms with Crippen LogP contribution in [0.2, 0.25) is 5.02 Å². The molecule has 8 nitrogen and oxygen atoms in total. The minimum absolute atomic E-state index is 0.298. The molecule has 29 heavy (non-hydrogen) atoms. The fourth-order valence-electron chi connectivity index (χ4n) is 2.50. The molecule has 0 fully saturated rings. The Morgan fingerprint density at radius 1 is 1.00 bits per heavy atom. The van der Waals surface area contributed by atoms with Crippen molar-refractivity contribution < 1.29 is 4.79 Å². The largest absolute Gasteiger partial charge is 0.367 e. The van der Waals surface area contributed by atoms with Gasteiger partial charge >= 0.3 is 6.03 Å². The molecule has 2 amide bonds. The van der Waals surface area contributed by atoms with Gasteiger partial charge in [0.25, 0.3) is 0 Å². The van der Waals surface area contributed by atoms with Gasteiger partial charge in [0.15, 0.2) is 5.82 Å². The Balaban J connectivity index is 1.41. The summed E-state index contributed by atoms with van der Waals surface area (Å²) in [5, 5.41) is 20.6. The van der Waals surface area contributed by atoms with E-state index in [0.29, 0.717) is 41.3 Å². The van der Waals surface area contributed by atoms with Crippen molar-refractivity contribution >= 4 is 40.8 Å². The number of benzene rings is 1. The van der Waals surface area contributed by atoms with E-state index in [0.717, 1.165) is 11.1 Å². The summed E-state index contributed by atoms with van der Waals surface area (Å²) in [5.74, 6) is 1.92. The number of nitrogens with zero attached hydrogens (tertiary/aromatic N) is 3. The molecule has 0 aliphatic heterocycles. The van der Waals surface area contributed by atoms with Gasteiger partial charge in [0.05, 0.1) is 0 Å². The number of urea groups is 1. The Bertz CT molecular complexity index is 979. The van der Waals surface area contributed by atoms with Crippen LogP contribution in [-0.4, -0.2) is 34.3 Å². The summed E-state index contributed by atoms with van der Waals surface area (Å²) in [6.07, 6.45) is 1.73. The number of amides is 2. The monoisotopic (exact) mass is 411 g/mol. The molecular weight excluding hydrogens is 390 g/mol. The number of hydrogen-bond donors (Lipinski definition) is 4. The van der Waals surface area contributed by atoms with E-state index in [9.17, 15) is 4.79 Å². The second kappa shape index (κ2) is 9.70. The lowest BCUT2D eigenvalue weighted by Crippen LogP contribution is -2.33. The highest BCUT2D eigenvalue weighted by atomic mass is 35.5. The zero-order valence-electron chi connectivity index (χ0n) is 16.2. The fraction of sp³-hybridized carbons (Fsp3) is 0.200. The Hall–Kier alpha value is -3.39. The van der Waals surface area contributed by atoms with Crippen LogP contribution < -0.4 is 21.3 Å². The molecule has 0 aliphatic carbocycles. The number of carbonyl (C=O) groups excluding carboxylic acids is 1. The van der Waals surface area contributed by atoms with E-state index < -0.39 is 0 Å². The lowest BCUT2D eigenvalue weighted by molar-refractivity contribution is 0.252. The van der Waals surface area contributed by atoms with Crippen molar-refractivity contribution in [3.8, 4) is 0 Å². The van der Waals surface area contributed by atoms with Crippen molar-refractivity contribution in [3.63, 3.8) is 0 Å². The highest BCUT2D eigenvalue weighted by Gasteiger charge is 2.06. The van der Waals surface area contributed by atoms with E-state index in [1.54, 1.807) is 36.5 Å². The number of rotatable bonds is 7. The van der Waals surface area contributed by atoms with Gasteiger partial charge in [0.2, 0.25) is 0 Å². The molecular formula is C20H22ClN7O. The molecule has 4 N–H and O–H groups in total. The zero-order valence-corrected chi connectivity index (χ0v) is 16.9. The lowest BCUT2D eigenvalue weighted by atomic mass is 10.2. The second-order valence-corrected chi connectivity index (χ2v) is 6.77. The Kier molecular flexibility index (Phi) is 6.80. The van der Waals surface area contributed by atoms with Crippen LogP contribution in [0.5, 0.6) is 0 Å². The predicted octanol–water partition coefficient (Wildman–Crippen LogP) is 4.12. The quantitative estimate of drug-likeness (QED) is 0.436. The molecule has 9 heteroatoms. The molecule has 2 aromatic heterocycles. The van der Waals surface area contributed by atoms with Gasteiger partial charge in [-0.05, 0) is 61.4 Å². The van der Waals surface area contributed by atoms with Crippen LogP contribution in [0.3, 0.4) is 0 Å². The maximum atomic E-state index is 12.0. The number of nitrogens with one attached hydrogen (secondary N) is 4. The van der Waals surface area contributed by atoms with Gasteiger partial charge in [0, 0.05) is 30.0 Å². The molecule has 0 atom stereocenters. The summed E-state index contributed by atoms with van der Waals surface area (Å²) < 4.78 is 0. The SMILES string of the molecule is Cc1ccnc(Nc2ccc(NCCNC(=O)Nc3cccc(Cl)c3C)nn2)c1. The number of carbonyl (C=O) groups is 1. The number of aromatic nitrogens is 3. The van der Waals surface area contributed by atoms with Crippen LogP contribution in [0.4, 0.5) is 27.9 Å². The molecule has 0 radical (unpaired) electrons. The molecule has 0 spiro atoms. The molecule has 0 saturated heterocycles. The van der Waals surface area contributed by atoms with E-state index >= 15 is 0 Å². The van der Waals surface area contributed by atoms with Crippen molar-refractivity contribution in [1.82, 2.24) is 20.5 Å². The molecule has 0 saturated carbocycles. The Labute approximate surface area is 174 Å². The van der Waals surface area contributed by atoms with Gasteiger partial charge in [-0.1, -0.05) is 17.7 Å². The average molecular weight is 412 g/mol. The molecule has 2 heterocycles. The van der Waals surface area contributed by atoms with Gasteiger partial charge in [-0.3, -0.25) is 0 Å². The summed E-state index contributed by atoms with van der Waals surface area (Å²) in [7, 11) is 0. The number of anilines is 4. The first kappa shape index (κ1) is 20.3. The molecule has 0 bridgehead atoms. The van der Waals surface area contributed by atoms with E-state index in [4.69, 9.17) is 11.6 Å². The van der Waals surface area contributed by atoms with Crippen molar-refractivity contribution in [3.05, 3.63) is 64.8 Å². The maximum absolute atomic E-state index is 12.0. The summed E-state index contributed by atoms with van der Waals surface area (Å²) in [6.45, 7) is 4.77. The van der Waals surface area contributed by atoms with Crippen LogP contribution in [-0.2, 0) is 0 Å². The normalized spacial score (nSPS) is 10.3. The van der Waals surface area contributed by atoms with Gasteiger partial charge in [-0.15, -0.1) is 10.2 Å². The highest BCUT2D eigenvalue weighted by Crippen LogP contribution is 2.22. The second-order valence-electron chi connectivity index (χ2n) is 6.37. The average Bonchev–Trinajstić information content (AvgIpc) is 2.70. The van der Waals surface area contributed by atoms with Crippen LogP contribution in [0.1, 0.15) is 11.1 Å². The number of hydrogen-bond acceptors (Lipinski definition) is 6. The maximum Gasteiger partial charge on any atom is 0.319 e. The van der Waals surface area contributed by atoms with E-state index in [1.165, 1.54) is 0 Å². The predicted molar refractivity (Wildman–Crippen MR) is 116 cm³/mol. The zero-order chi connectivity index (χ0) is 20.6. The first-order chi connectivity index (χ1) is 14.0. The van der Waals surface area contributed by atoms with Gasteiger partial charge in [0.1, 0.15) is 11.6 Å². The first-order valence-electron chi connectivity index (χ1n) is 9.08. The number of aryl methyl sites for hydroxylation is 1. The fourth-order valence-corrected chi connectivity index (χ4v) is 2.68. The van der Waals surface area contributed by atoms with E-state index in [1.807, 2.05) is 26.0 Å². The Morgan fingerprint density at radius 2 is 1.79 bits per heavy atom. The summed E-state index contributed by atoms with van der Waals surface area (Å²) in [4.78, 5) is 16.2. The van der Waals surface area contributed by atoms with E-state index in [2.05, 4.69) is 36.4 Å². The van der Waals surface area contributed by atoms with Crippen molar-refractivity contribution in [2.45, 2.75) is 13.8 Å². The van der Waals surface area contributed by atoms with Crippen molar-refractivity contribution in [2.75, 3.05) is 29.0 Å². The minimum Gasteiger partial charge on any atom is -0.367 e. The third-order valence-electron chi connectivity index (χ3n) is 4.07. The van der Waals surface area contributed by atoms with Crippen molar-refractivity contribution in [1.29, 1.82) is 0 Å². The number of pyridine rings is 1. The van der Waals surface area contributed by atoms with Gasteiger partial charge in [-0.2, -0.15) is 0 Å². The standard InChI is InChI=1S/C20H22ClN7O/c1-13-8-9-22-19(12-13)26-18-7-6-17(27-28-18)23-10-11-24-20(29)25-16-5-3-4-15(21)14(16)2/h3-9,12H,10-11H2,1-2H3,(H,23,27)(H,22,26,28)(H2,24,25,29). The van der Waals surface area contributed by atoms with Crippen LogP contribution in [0.25, 0.3) is 0 Å². The summed E-state index contributed by atoms with van der Waals surface area (Å²) in [6, 6.07) is 12.5. The third-order valence-corrected chi connectivity index (χ3v) is 4.48. The Morgan fingerprint density at radius 3 is 2.55 bits per heavy atom. The molecule has 0 aliphatic rings. The first-order valence-corrected chi connectivity index (χ1v) is 9.46. The summed E-state index contributed by atoms with van der Waals surface area (Å²) >= 11 is 6.05. The van der Waals surface area contributed by atoms with Gasteiger partial charge < -0.3 is 21.3 Å². The molecule has 1 aromatic carbocycles. The van der Waals surface area contributed by atoms with Crippen LogP contribution in [0, 0.1) is 13.8 Å². The van der Waals surface area contributed by atoms with Crippen LogP contribution >= 0.6 is 11.6 Å². The van der Waals surface area contributed by atoms with Crippen LogP contribution in [0.15, 0.2) is 48.7 Å². The molecule has 3 rings (SSSR count). The third kappa shape index (κ3) is 6.05. The van der Waals surface area contributed by atoms with Gasteiger partial charge in [-0.25, -0.2) is 9.78 Å². The number of halogens is 1. The highest BCUT2D eigenvalue weighted by molar-refractivity contribution is 6.31. The summed E-state index contributed by atoms with van der Waals surface area (Å²) in [5.41, 5.74) is 2.61. The van der Waals surface area contributed by atoms with E-state index in [-0.39, 0.29) is 6.03 Å². The topological polar surface area (TPSA) is 104 Å². The smallest absolute Gasteiger partial charge is 0.319 e. The lowest BCUT2D eigenvalue weighted by Gasteiger charge is -2.11. The molecule has 150 valence electrons. The minimum atomic E-state index is -0.298. The molecule has 3 aromatic rings.